The van der Waals surface area contributed by atoms with E-state index in [0.717, 1.165) is 11.3 Å². The van der Waals surface area contributed by atoms with Gasteiger partial charge in [-0.05, 0) is 43.2 Å². The molecule has 0 saturated carbocycles. The van der Waals surface area contributed by atoms with Crippen LogP contribution in [0.25, 0.3) is 16.8 Å². The molecule has 0 aliphatic heterocycles. The Labute approximate surface area is 160 Å². The summed E-state index contributed by atoms with van der Waals surface area (Å²) in [5, 5.41) is 25.7. The number of nitro benzene ring substituents is 1. The van der Waals surface area contributed by atoms with E-state index in [9.17, 15) is 15.4 Å². The zero-order valence-corrected chi connectivity index (χ0v) is 15.6. The number of aromatic nitrogens is 1. The minimum Gasteiger partial charge on any atom is -0.360 e. The second-order valence-electron chi connectivity index (χ2n) is 5.96. The summed E-state index contributed by atoms with van der Waals surface area (Å²) in [6, 6.07) is 14.3. The average Bonchev–Trinajstić information content (AvgIpc) is 3.15. The van der Waals surface area contributed by atoms with Crippen molar-refractivity contribution in [2.75, 3.05) is 5.32 Å². The van der Waals surface area contributed by atoms with Crippen molar-refractivity contribution in [3.8, 4) is 17.3 Å². The Hall–Kier alpha value is -3.50. The number of nitriles is 1. The number of non-ortho nitro benzene ring substituents is 1. The zero-order chi connectivity index (χ0) is 19.4. The highest BCUT2D eigenvalue weighted by Gasteiger charge is 2.10. The van der Waals surface area contributed by atoms with Crippen LogP contribution in [0.4, 0.5) is 11.4 Å². The molecule has 0 unspecified atom stereocenters. The summed E-state index contributed by atoms with van der Waals surface area (Å²) in [7, 11) is 0. The largest absolute Gasteiger partial charge is 0.360 e. The van der Waals surface area contributed by atoms with Crippen molar-refractivity contribution in [2.45, 2.75) is 13.8 Å². The Morgan fingerprint density at radius 1 is 1.22 bits per heavy atom. The van der Waals surface area contributed by atoms with Gasteiger partial charge in [0.1, 0.15) is 16.6 Å². The maximum Gasteiger partial charge on any atom is 0.269 e. The number of rotatable bonds is 5. The van der Waals surface area contributed by atoms with Crippen LogP contribution in [-0.4, -0.2) is 9.91 Å². The van der Waals surface area contributed by atoms with Crippen molar-refractivity contribution >= 4 is 28.3 Å². The summed E-state index contributed by atoms with van der Waals surface area (Å²) in [5.74, 6) is 0. The summed E-state index contributed by atoms with van der Waals surface area (Å²) in [6.45, 7) is 4.12. The van der Waals surface area contributed by atoms with Gasteiger partial charge in [0.25, 0.3) is 5.69 Å². The van der Waals surface area contributed by atoms with Gasteiger partial charge in [0.2, 0.25) is 0 Å². The number of hydrogen-bond acceptors (Lipinski definition) is 6. The molecule has 0 radical (unpaired) electrons. The minimum atomic E-state index is -0.454. The van der Waals surface area contributed by atoms with Crippen LogP contribution in [-0.2, 0) is 0 Å². The maximum atomic E-state index is 10.7. The normalized spacial score (nSPS) is 11.1. The van der Waals surface area contributed by atoms with Crippen molar-refractivity contribution in [1.82, 2.24) is 4.98 Å². The first-order valence-electron chi connectivity index (χ1n) is 8.12. The monoisotopic (exact) mass is 376 g/mol. The molecule has 7 heteroatoms. The van der Waals surface area contributed by atoms with Gasteiger partial charge in [-0.2, -0.15) is 5.26 Å². The standard InChI is InChI=1S/C20H16N4O2S/c1-13-3-4-15(9-14(13)2)19-12-27-20(23-19)16(10-21)11-22-17-5-7-18(8-6-17)24(25)26/h3-9,11-12,22H,1-2H3/b16-11+. The molecule has 0 spiro atoms. The zero-order valence-electron chi connectivity index (χ0n) is 14.8. The van der Waals surface area contributed by atoms with E-state index in [-0.39, 0.29) is 5.69 Å². The van der Waals surface area contributed by atoms with Gasteiger partial charge in [0, 0.05) is 35.0 Å². The topological polar surface area (TPSA) is 91.8 Å². The summed E-state index contributed by atoms with van der Waals surface area (Å²) in [6.07, 6.45) is 1.56. The second-order valence-corrected chi connectivity index (χ2v) is 6.81. The smallest absolute Gasteiger partial charge is 0.269 e. The Morgan fingerprint density at radius 3 is 2.59 bits per heavy atom. The first-order chi connectivity index (χ1) is 13.0. The molecule has 3 rings (SSSR count). The number of aryl methyl sites for hydroxylation is 2. The fraction of sp³-hybridized carbons (Fsp3) is 0.100. The van der Waals surface area contributed by atoms with Crippen LogP contribution in [0.3, 0.4) is 0 Å². The van der Waals surface area contributed by atoms with E-state index in [0.29, 0.717) is 16.3 Å². The third-order valence-corrected chi connectivity index (χ3v) is 4.99. The van der Waals surface area contributed by atoms with Crippen LogP contribution in [0.15, 0.2) is 54.0 Å². The molecule has 1 heterocycles. The molecule has 2 aromatic carbocycles. The number of benzene rings is 2. The molecular formula is C20H16N4O2S. The quantitative estimate of drug-likeness (QED) is 0.370. The van der Waals surface area contributed by atoms with Crippen molar-refractivity contribution in [3.63, 3.8) is 0 Å². The molecule has 0 amide bonds. The highest BCUT2D eigenvalue weighted by Crippen LogP contribution is 2.27. The molecule has 27 heavy (non-hydrogen) atoms. The lowest BCUT2D eigenvalue weighted by atomic mass is 10.1. The molecule has 134 valence electrons. The lowest BCUT2D eigenvalue weighted by molar-refractivity contribution is -0.384. The Kier molecular flexibility index (Phi) is 5.29. The van der Waals surface area contributed by atoms with Gasteiger partial charge in [-0.3, -0.25) is 10.1 Å². The van der Waals surface area contributed by atoms with E-state index in [4.69, 9.17) is 0 Å². The number of allylic oxidation sites excluding steroid dienone is 1. The Balaban J connectivity index is 1.80. The van der Waals surface area contributed by atoms with Gasteiger partial charge in [-0.1, -0.05) is 12.1 Å². The number of anilines is 1. The predicted molar refractivity (Wildman–Crippen MR) is 107 cm³/mol. The van der Waals surface area contributed by atoms with Gasteiger partial charge in [0.05, 0.1) is 10.6 Å². The first kappa shape index (κ1) is 18.3. The molecular weight excluding hydrogens is 360 g/mol. The Bertz CT molecular complexity index is 1060. The first-order valence-corrected chi connectivity index (χ1v) is 9.00. The van der Waals surface area contributed by atoms with Crippen LogP contribution in [0, 0.1) is 35.3 Å². The number of hydrogen-bond donors (Lipinski definition) is 1. The molecule has 0 aliphatic carbocycles. The second kappa shape index (κ2) is 7.81. The van der Waals surface area contributed by atoms with Crippen LogP contribution in [0.1, 0.15) is 16.1 Å². The van der Waals surface area contributed by atoms with Crippen LogP contribution < -0.4 is 5.32 Å². The Morgan fingerprint density at radius 2 is 1.96 bits per heavy atom. The van der Waals surface area contributed by atoms with Crippen LogP contribution in [0.2, 0.25) is 0 Å². The van der Waals surface area contributed by atoms with Crippen LogP contribution in [0.5, 0.6) is 0 Å². The molecule has 0 aliphatic rings. The van der Waals surface area contributed by atoms with Gasteiger partial charge in [0.15, 0.2) is 0 Å². The average molecular weight is 376 g/mol. The maximum absolute atomic E-state index is 10.7. The fourth-order valence-corrected chi connectivity index (χ4v) is 3.20. The van der Waals surface area contributed by atoms with E-state index >= 15 is 0 Å². The van der Waals surface area contributed by atoms with Gasteiger partial charge in [-0.25, -0.2) is 4.98 Å². The van der Waals surface area contributed by atoms with Crippen molar-refractivity contribution < 1.29 is 4.92 Å². The van der Waals surface area contributed by atoms with Gasteiger partial charge >= 0.3 is 0 Å². The van der Waals surface area contributed by atoms with E-state index in [2.05, 4.69) is 42.4 Å². The molecule has 1 N–H and O–H groups in total. The van der Waals surface area contributed by atoms with Gasteiger partial charge < -0.3 is 5.32 Å². The van der Waals surface area contributed by atoms with Crippen molar-refractivity contribution in [2.24, 2.45) is 0 Å². The molecule has 0 saturated heterocycles. The minimum absolute atomic E-state index is 0.0167. The number of nitro groups is 1. The van der Waals surface area contributed by atoms with Gasteiger partial charge in [-0.15, -0.1) is 11.3 Å². The van der Waals surface area contributed by atoms with E-state index in [1.165, 1.54) is 34.6 Å². The summed E-state index contributed by atoms with van der Waals surface area (Å²) >= 11 is 1.40. The fourth-order valence-electron chi connectivity index (χ4n) is 2.41. The number of nitrogens with zero attached hydrogens (tertiary/aromatic N) is 3. The predicted octanol–water partition coefficient (Wildman–Crippen LogP) is 5.31. The summed E-state index contributed by atoms with van der Waals surface area (Å²) < 4.78 is 0. The van der Waals surface area contributed by atoms with Crippen molar-refractivity contribution in [3.05, 3.63) is 80.3 Å². The lowest BCUT2D eigenvalue weighted by Gasteiger charge is -2.02. The number of nitrogens with one attached hydrogen (secondary N) is 1. The molecule has 1 aromatic heterocycles. The molecule has 6 nitrogen and oxygen atoms in total. The third-order valence-electron chi connectivity index (χ3n) is 4.12. The highest BCUT2D eigenvalue weighted by atomic mass is 32.1. The lowest BCUT2D eigenvalue weighted by Crippen LogP contribution is -1.92. The molecule has 3 aromatic rings. The van der Waals surface area contributed by atoms with Crippen LogP contribution >= 0.6 is 11.3 Å². The SMILES string of the molecule is Cc1ccc(-c2csc(/C(C#N)=C/Nc3ccc([N+](=O)[O-])cc3)n2)cc1C. The highest BCUT2D eigenvalue weighted by molar-refractivity contribution is 7.11. The third kappa shape index (κ3) is 4.19. The molecule has 0 atom stereocenters. The van der Waals surface area contributed by atoms with Crippen molar-refractivity contribution in [1.29, 1.82) is 5.26 Å². The van der Waals surface area contributed by atoms with E-state index < -0.39 is 4.92 Å². The number of thiazole rings is 1. The summed E-state index contributed by atoms with van der Waals surface area (Å²) in [5.41, 5.74) is 5.32. The summed E-state index contributed by atoms with van der Waals surface area (Å²) in [4.78, 5) is 14.8. The van der Waals surface area contributed by atoms with E-state index in [1.54, 1.807) is 18.3 Å². The molecule has 0 bridgehead atoms. The molecule has 0 fully saturated rings. The van der Waals surface area contributed by atoms with E-state index in [1.807, 2.05) is 11.4 Å².